The Kier molecular flexibility index (Phi) is 5.95. The zero-order chi connectivity index (χ0) is 14.4. The van der Waals surface area contributed by atoms with Gasteiger partial charge in [0.15, 0.2) is 17.3 Å². The van der Waals surface area contributed by atoms with Crippen LogP contribution in [0.25, 0.3) is 0 Å². The van der Waals surface area contributed by atoms with Crippen LogP contribution in [0.4, 0.5) is 13.2 Å². The van der Waals surface area contributed by atoms with Crippen LogP contribution >= 0.6 is 0 Å². The lowest BCUT2D eigenvalue weighted by atomic mass is 10.1. The van der Waals surface area contributed by atoms with Gasteiger partial charge in [-0.1, -0.05) is 0 Å². The van der Waals surface area contributed by atoms with Crippen molar-refractivity contribution in [3.8, 4) is 11.5 Å². The number of hydrogen-bond donors (Lipinski definition) is 0. The second kappa shape index (κ2) is 7.23. The van der Waals surface area contributed by atoms with Crippen LogP contribution in [0.3, 0.4) is 0 Å². The topological polar surface area (TPSA) is 27.7 Å². The molecule has 0 unspecified atom stereocenters. The first-order chi connectivity index (χ1) is 9.08. The van der Waals surface area contributed by atoms with Crippen LogP contribution in [0.2, 0.25) is 0 Å². The second-order valence-electron chi connectivity index (χ2n) is 3.58. The van der Waals surface area contributed by atoms with Crippen LogP contribution < -0.4 is 9.47 Å². The van der Waals surface area contributed by atoms with Gasteiger partial charge >= 0.3 is 0 Å². The van der Waals surface area contributed by atoms with Gasteiger partial charge in [0.05, 0.1) is 25.4 Å². The molecule has 0 heterocycles. The molecule has 6 heteroatoms. The highest BCUT2D eigenvalue weighted by atomic mass is 19.2. The minimum absolute atomic E-state index is 0.0175. The molecule has 0 fully saturated rings. The summed E-state index contributed by atoms with van der Waals surface area (Å²) in [6.45, 7) is 5.02. The molecule has 1 aromatic carbocycles. The standard InChI is InChI=1S/C13H17F3O3/c1-4-17-7-8-9(14)10(15)13(19-6-3)11(16)12(8)18-5-2/h4-7H2,1-3H3. The summed E-state index contributed by atoms with van der Waals surface area (Å²) in [6.07, 6.45) is 0. The summed E-state index contributed by atoms with van der Waals surface area (Å²) in [7, 11) is 0. The van der Waals surface area contributed by atoms with E-state index in [1.807, 2.05) is 0 Å². The first kappa shape index (κ1) is 15.6. The third kappa shape index (κ3) is 3.32. The fourth-order valence-electron chi connectivity index (χ4n) is 1.56. The van der Waals surface area contributed by atoms with Gasteiger partial charge in [0.2, 0.25) is 11.6 Å². The van der Waals surface area contributed by atoms with E-state index in [1.165, 1.54) is 0 Å². The molecular formula is C13H17F3O3. The summed E-state index contributed by atoms with van der Waals surface area (Å²) in [6, 6.07) is 0. The molecule has 0 bridgehead atoms. The Morgan fingerprint density at radius 2 is 1.32 bits per heavy atom. The summed E-state index contributed by atoms with van der Waals surface area (Å²) < 4.78 is 56.5. The molecule has 0 amide bonds. The molecule has 0 aliphatic carbocycles. The minimum Gasteiger partial charge on any atom is -0.490 e. The molecule has 0 N–H and O–H groups in total. The van der Waals surface area contributed by atoms with Crippen LogP contribution in [-0.4, -0.2) is 19.8 Å². The Morgan fingerprint density at radius 1 is 0.737 bits per heavy atom. The first-order valence-electron chi connectivity index (χ1n) is 6.10. The number of ether oxygens (including phenoxy) is 3. The maximum Gasteiger partial charge on any atom is 0.210 e. The quantitative estimate of drug-likeness (QED) is 0.715. The predicted octanol–water partition coefficient (Wildman–Crippen LogP) is 3.44. The highest BCUT2D eigenvalue weighted by Crippen LogP contribution is 2.36. The molecule has 0 aliphatic heterocycles. The van der Waals surface area contributed by atoms with E-state index >= 15 is 0 Å². The zero-order valence-corrected chi connectivity index (χ0v) is 11.2. The van der Waals surface area contributed by atoms with E-state index in [0.717, 1.165) is 0 Å². The molecule has 0 saturated carbocycles. The normalized spacial score (nSPS) is 10.6. The van der Waals surface area contributed by atoms with Gasteiger partial charge in [0.25, 0.3) is 0 Å². The molecule has 0 aliphatic rings. The van der Waals surface area contributed by atoms with Crippen molar-refractivity contribution in [2.24, 2.45) is 0 Å². The number of rotatable bonds is 7. The van der Waals surface area contributed by atoms with Crippen molar-refractivity contribution in [2.75, 3.05) is 19.8 Å². The number of benzene rings is 1. The van der Waals surface area contributed by atoms with Crippen LogP contribution in [0, 0.1) is 17.5 Å². The fraction of sp³-hybridized carbons (Fsp3) is 0.538. The van der Waals surface area contributed by atoms with Crippen LogP contribution in [-0.2, 0) is 11.3 Å². The smallest absolute Gasteiger partial charge is 0.210 e. The van der Waals surface area contributed by atoms with E-state index in [9.17, 15) is 13.2 Å². The van der Waals surface area contributed by atoms with Gasteiger partial charge in [-0.05, 0) is 20.8 Å². The van der Waals surface area contributed by atoms with Crippen LogP contribution in [0.5, 0.6) is 11.5 Å². The van der Waals surface area contributed by atoms with Gasteiger partial charge in [-0.3, -0.25) is 0 Å². The summed E-state index contributed by atoms with van der Waals surface area (Å²) in [4.78, 5) is 0. The molecular weight excluding hydrogens is 261 g/mol. The molecule has 1 aromatic rings. The predicted molar refractivity (Wildman–Crippen MR) is 64.0 cm³/mol. The van der Waals surface area contributed by atoms with Crippen molar-refractivity contribution < 1.29 is 27.4 Å². The molecule has 19 heavy (non-hydrogen) atoms. The van der Waals surface area contributed by atoms with E-state index in [-0.39, 0.29) is 31.1 Å². The first-order valence-corrected chi connectivity index (χ1v) is 6.10. The largest absolute Gasteiger partial charge is 0.490 e. The minimum atomic E-state index is -1.36. The zero-order valence-electron chi connectivity index (χ0n) is 11.2. The van der Waals surface area contributed by atoms with Crippen molar-refractivity contribution >= 4 is 0 Å². The van der Waals surface area contributed by atoms with E-state index in [0.29, 0.717) is 6.61 Å². The van der Waals surface area contributed by atoms with Crippen molar-refractivity contribution in [2.45, 2.75) is 27.4 Å². The van der Waals surface area contributed by atoms with E-state index in [4.69, 9.17) is 14.2 Å². The van der Waals surface area contributed by atoms with Gasteiger partial charge in [-0.2, -0.15) is 8.78 Å². The molecule has 1 rings (SSSR count). The molecule has 108 valence electrons. The lowest BCUT2D eigenvalue weighted by Crippen LogP contribution is -2.10. The molecule has 3 nitrogen and oxygen atoms in total. The number of halogens is 3. The Balaban J connectivity index is 3.35. The van der Waals surface area contributed by atoms with Gasteiger partial charge in [0, 0.05) is 6.61 Å². The Bertz CT molecular complexity index is 436. The maximum atomic E-state index is 14.1. The summed E-state index contributed by atoms with van der Waals surface area (Å²) in [5.41, 5.74) is -0.276. The van der Waals surface area contributed by atoms with E-state index < -0.39 is 23.2 Å². The third-order valence-electron chi connectivity index (χ3n) is 2.36. The maximum absolute atomic E-state index is 14.1. The fourth-order valence-corrected chi connectivity index (χ4v) is 1.56. The molecule has 0 aromatic heterocycles. The van der Waals surface area contributed by atoms with Crippen LogP contribution in [0.1, 0.15) is 26.3 Å². The SMILES string of the molecule is CCOCc1c(F)c(F)c(OCC)c(F)c1OCC. The van der Waals surface area contributed by atoms with E-state index in [2.05, 4.69) is 0 Å². The third-order valence-corrected chi connectivity index (χ3v) is 2.36. The molecule has 0 spiro atoms. The van der Waals surface area contributed by atoms with Crippen LogP contribution in [0.15, 0.2) is 0 Å². The monoisotopic (exact) mass is 278 g/mol. The lowest BCUT2D eigenvalue weighted by Gasteiger charge is -2.16. The van der Waals surface area contributed by atoms with Gasteiger partial charge < -0.3 is 14.2 Å². The van der Waals surface area contributed by atoms with Gasteiger partial charge in [0.1, 0.15) is 0 Å². The summed E-state index contributed by atoms with van der Waals surface area (Å²) in [5, 5.41) is 0. The Morgan fingerprint density at radius 3 is 1.84 bits per heavy atom. The average Bonchev–Trinajstić information content (AvgIpc) is 2.40. The highest BCUT2D eigenvalue weighted by Gasteiger charge is 2.27. The van der Waals surface area contributed by atoms with Gasteiger partial charge in [-0.15, -0.1) is 0 Å². The summed E-state index contributed by atoms with van der Waals surface area (Å²) in [5.74, 6) is -4.74. The average molecular weight is 278 g/mol. The molecule has 0 saturated heterocycles. The van der Waals surface area contributed by atoms with Crippen molar-refractivity contribution in [1.82, 2.24) is 0 Å². The lowest BCUT2D eigenvalue weighted by molar-refractivity contribution is 0.126. The second-order valence-corrected chi connectivity index (χ2v) is 3.58. The Labute approximate surface area is 110 Å². The van der Waals surface area contributed by atoms with Crippen molar-refractivity contribution in [1.29, 1.82) is 0 Å². The Hall–Kier alpha value is -1.43. The number of hydrogen-bond acceptors (Lipinski definition) is 3. The van der Waals surface area contributed by atoms with E-state index in [1.54, 1.807) is 20.8 Å². The molecule has 0 radical (unpaired) electrons. The highest BCUT2D eigenvalue weighted by molar-refractivity contribution is 5.45. The van der Waals surface area contributed by atoms with Crippen molar-refractivity contribution in [3.63, 3.8) is 0 Å². The van der Waals surface area contributed by atoms with Crippen molar-refractivity contribution in [3.05, 3.63) is 23.0 Å². The molecule has 0 atom stereocenters. The summed E-state index contributed by atoms with van der Waals surface area (Å²) >= 11 is 0. The van der Waals surface area contributed by atoms with Gasteiger partial charge in [-0.25, -0.2) is 4.39 Å².